The first-order chi connectivity index (χ1) is 7.79. The standard InChI is InChI=1S/C12H17NO3S/c1-8(11(15)16-12(2,3)4)13-10(14)9-5-6-17-7-9/h5-8H,1-4H3,(H,13,14)/t8-/m1/s1. The predicted molar refractivity (Wildman–Crippen MR) is 67.1 cm³/mol. The molecule has 94 valence electrons. The van der Waals surface area contributed by atoms with E-state index in [1.807, 2.05) is 5.38 Å². The third kappa shape index (κ3) is 4.56. The van der Waals surface area contributed by atoms with Gasteiger partial charge in [-0.1, -0.05) is 0 Å². The quantitative estimate of drug-likeness (QED) is 0.842. The van der Waals surface area contributed by atoms with Crippen LogP contribution in [0.5, 0.6) is 0 Å². The average Bonchev–Trinajstić information content (AvgIpc) is 2.67. The molecule has 17 heavy (non-hydrogen) atoms. The Morgan fingerprint density at radius 2 is 2.06 bits per heavy atom. The van der Waals surface area contributed by atoms with Gasteiger partial charge in [0.2, 0.25) is 0 Å². The van der Waals surface area contributed by atoms with Crippen LogP contribution in [0.25, 0.3) is 0 Å². The van der Waals surface area contributed by atoms with Gasteiger partial charge in [0.1, 0.15) is 11.6 Å². The van der Waals surface area contributed by atoms with Crippen molar-refractivity contribution in [2.45, 2.75) is 39.3 Å². The molecule has 1 heterocycles. The highest BCUT2D eigenvalue weighted by Crippen LogP contribution is 2.09. The lowest BCUT2D eigenvalue weighted by molar-refractivity contribution is -0.156. The number of carbonyl (C=O) groups excluding carboxylic acids is 2. The zero-order valence-electron chi connectivity index (χ0n) is 10.4. The number of nitrogens with one attached hydrogen (secondary N) is 1. The molecule has 0 unspecified atom stereocenters. The van der Waals surface area contributed by atoms with Crippen LogP contribution in [0.4, 0.5) is 0 Å². The molecule has 4 nitrogen and oxygen atoms in total. The lowest BCUT2D eigenvalue weighted by Gasteiger charge is -2.22. The first-order valence-electron chi connectivity index (χ1n) is 5.35. The van der Waals surface area contributed by atoms with E-state index in [0.29, 0.717) is 5.56 Å². The van der Waals surface area contributed by atoms with Crippen LogP contribution in [0.15, 0.2) is 16.8 Å². The third-order valence-corrected chi connectivity index (χ3v) is 2.57. The molecule has 1 rings (SSSR count). The van der Waals surface area contributed by atoms with Crippen LogP contribution >= 0.6 is 11.3 Å². The van der Waals surface area contributed by atoms with Crippen molar-refractivity contribution in [2.24, 2.45) is 0 Å². The van der Waals surface area contributed by atoms with Gasteiger partial charge in [0.25, 0.3) is 5.91 Å². The molecule has 1 aromatic heterocycles. The highest BCUT2D eigenvalue weighted by Gasteiger charge is 2.23. The molecule has 0 aromatic carbocycles. The largest absolute Gasteiger partial charge is 0.458 e. The number of esters is 1. The van der Waals surface area contributed by atoms with Gasteiger partial charge < -0.3 is 10.1 Å². The van der Waals surface area contributed by atoms with Gasteiger partial charge in [-0.05, 0) is 39.1 Å². The fourth-order valence-corrected chi connectivity index (χ4v) is 1.76. The Kier molecular flexibility index (Phi) is 4.28. The molecule has 0 saturated heterocycles. The van der Waals surface area contributed by atoms with Crippen LogP contribution in [0, 0.1) is 0 Å². The second-order valence-electron chi connectivity index (χ2n) is 4.74. The van der Waals surface area contributed by atoms with Crippen molar-refractivity contribution >= 4 is 23.2 Å². The normalized spacial score (nSPS) is 12.9. The van der Waals surface area contributed by atoms with E-state index >= 15 is 0 Å². The van der Waals surface area contributed by atoms with Gasteiger partial charge in [-0.2, -0.15) is 11.3 Å². The zero-order chi connectivity index (χ0) is 13.1. The van der Waals surface area contributed by atoms with Gasteiger partial charge in [0, 0.05) is 5.38 Å². The second kappa shape index (κ2) is 5.31. The van der Waals surface area contributed by atoms with Gasteiger partial charge >= 0.3 is 5.97 Å². The summed E-state index contributed by atoms with van der Waals surface area (Å²) in [6.07, 6.45) is 0. The lowest BCUT2D eigenvalue weighted by atomic mass is 10.2. The van der Waals surface area contributed by atoms with Crippen molar-refractivity contribution in [3.8, 4) is 0 Å². The highest BCUT2D eigenvalue weighted by atomic mass is 32.1. The van der Waals surface area contributed by atoms with E-state index in [1.54, 1.807) is 39.1 Å². The van der Waals surface area contributed by atoms with E-state index in [-0.39, 0.29) is 5.91 Å². The monoisotopic (exact) mass is 255 g/mol. The molecule has 0 spiro atoms. The molecular weight excluding hydrogens is 238 g/mol. The maximum atomic E-state index is 11.7. The molecule has 1 atom stereocenters. The van der Waals surface area contributed by atoms with Crippen molar-refractivity contribution in [1.29, 1.82) is 0 Å². The number of carbonyl (C=O) groups is 2. The summed E-state index contributed by atoms with van der Waals surface area (Å²) in [5.41, 5.74) is 0.0174. The summed E-state index contributed by atoms with van der Waals surface area (Å²) >= 11 is 1.44. The van der Waals surface area contributed by atoms with E-state index in [9.17, 15) is 9.59 Å². The van der Waals surface area contributed by atoms with Gasteiger partial charge in [-0.3, -0.25) is 4.79 Å². The number of amides is 1. The molecule has 0 saturated carbocycles. The lowest BCUT2D eigenvalue weighted by Crippen LogP contribution is -2.42. The Morgan fingerprint density at radius 1 is 1.41 bits per heavy atom. The Hall–Kier alpha value is -1.36. The molecule has 1 aromatic rings. The maximum absolute atomic E-state index is 11.7. The van der Waals surface area contributed by atoms with Crippen LogP contribution in [-0.2, 0) is 9.53 Å². The van der Waals surface area contributed by atoms with E-state index < -0.39 is 17.6 Å². The SMILES string of the molecule is C[C@@H](NC(=O)c1ccsc1)C(=O)OC(C)(C)C. The summed E-state index contributed by atoms with van der Waals surface area (Å²) in [5, 5.41) is 6.14. The van der Waals surface area contributed by atoms with Crippen LogP contribution in [0.1, 0.15) is 38.1 Å². The predicted octanol–water partition coefficient (Wildman–Crippen LogP) is 2.21. The van der Waals surface area contributed by atoms with E-state index in [2.05, 4.69) is 5.32 Å². The van der Waals surface area contributed by atoms with E-state index in [0.717, 1.165) is 0 Å². The number of hydrogen-bond acceptors (Lipinski definition) is 4. The minimum Gasteiger partial charge on any atom is -0.458 e. The van der Waals surface area contributed by atoms with Gasteiger partial charge in [0.05, 0.1) is 5.56 Å². The van der Waals surface area contributed by atoms with Crippen molar-refractivity contribution < 1.29 is 14.3 Å². The summed E-state index contributed by atoms with van der Waals surface area (Å²) in [5.74, 6) is -0.689. The Labute approximate surface area is 105 Å². The molecule has 1 N–H and O–H groups in total. The molecule has 0 bridgehead atoms. The number of thiophene rings is 1. The van der Waals surface area contributed by atoms with Gasteiger partial charge in [-0.15, -0.1) is 0 Å². The van der Waals surface area contributed by atoms with Crippen molar-refractivity contribution in [3.05, 3.63) is 22.4 Å². The summed E-state index contributed by atoms with van der Waals surface area (Å²) in [6.45, 7) is 6.98. The summed E-state index contributed by atoms with van der Waals surface area (Å²) in [6, 6.07) is 1.06. The number of rotatable bonds is 3. The number of hydrogen-bond donors (Lipinski definition) is 1. The Morgan fingerprint density at radius 3 is 2.53 bits per heavy atom. The van der Waals surface area contributed by atoms with Gasteiger partial charge in [0.15, 0.2) is 0 Å². The molecular formula is C12H17NO3S. The summed E-state index contributed by atoms with van der Waals surface area (Å²) < 4.78 is 5.17. The molecule has 0 radical (unpaired) electrons. The topological polar surface area (TPSA) is 55.4 Å². The molecule has 0 aliphatic heterocycles. The zero-order valence-corrected chi connectivity index (χ0v) is 11.3. The van der Waals surface area contributed by atoms with Crippen LogP contribution in [0.3, 0.4) is 0 Å². The third-order valence-electron chi connectivity index (χ3n) is 1.89. The molecule has 1 amide bonds. The fourth-order valence-electron chi connectivity index (χ4n) is 1.12. The van der Waals surface area contributed by atoms with E-state index in [4.69, 9.17) is 4.74 Å². The smallest absolute Gasteiger partial charge is 0.328 e. The van der Waals surface area contributed by atoms with Crippen molar-refractivity contribution in [3.63, 3.8) is 0 Å². The van der Waals surface area contributed by atoms with Gasteiger partial charge in [-0.25, -0.2) is 4.79 Å². The summed E-state index contributed by atoms with van der Waals surface area (Å²) in [7, 11) is 0. The highest BCUT2D eigenvalue weighted by molar-refractivity contribution is 7.08. The molecule has 5 heteroatoms. The Bertz CT molecular complexity index is 392. The van der Waals surface area contributed by atoms with Crippen molar-refractivity contribution in [1.82, 2.24) is 5.32 Å². The average molecular weight is 255 g/mol. The minimum absolute atomic E-state index is 0.260. The minimum atomic E-state index is -0.651. The maximum Gasteiger partial charge on any atom is 0.328 e. The fraction of sp³-hybridized carbons (Fsp3) is 0.500. The molecule has 0 aliphatic rings. The molecule has 0 fully saturated rings. The Balaban J connectivity index is 2.52. The van der Waals surface area contributed by atoms with Crippen molar-refractivity contribution in [2.75, 3.05) is 0 Å². The second-order valence-corrected chi connectivity index (χ2v) is 5.52. The van der Waals surface area contributed by atoms with Crippen LogP contribution < -0.4 is 5.32 Å². The molecule has 0 aliphatic carbocycles. The van der Waals surface area contributed by atoms with E-state index in [1.165, 1.54) is 11.3 Å². The van der Waals surface area contributed by atoms with Crippen LogP contribution in [0.2, 0.25) is 0 Å². The van der Waals surface area contributed by atoms with Crippen LogP contribution in [-0.4, -0.2) is 23.5 Å². The first kappa shape index (κ1) is 13.7. The first-order valence-corrected chi connectivity index (χ1v) is 6.30. The summed E-state index contributed by atoms with van der Waals surface area (Å²) in [4.78, 5) is 23.3. The number of ether oxygens (including phenoxy) is 1.